The molecule has 5 heteroatoms. The SMILES string of the molecule is CC(C)=C/C=N/Nc1ccc([N+](=O)[O-])cc1. The molecule has 0 radical (unpaired) electrons. The third-order valence-corrected chi connectivity index (χ3v) is 1.75. The second kappa shape index (κ2) is 5.65. The minimum absolute atomic E-state index is 0.0684. The second-order valence-electron chi connectivity index (χ2n) is 3.44. The van der Waals surface area contributed by atoms with Crippen LogP contribution in [0, 0.1) is 10.1 Å². The smallest absolute Gasteiger partial charge is 0.269 e. The number of hydrazone groups is 1. The standard InChI is InChI=1S/C11H13N3O2/c1-9(2)7-8-12-13-10-3-5-11(6-4-10)14(15)16/h3-8,13H,1-2H3/b12-8+. The Labute approximate surface area is 93.6 Å². The lowest BCUT2D eigenvalue weighted by Crippen LogP contribution is -1.90. The van der Waals surface area contributed by atoms with Crippen LogP contribution in [0.2, 0.25) is 0 Å². The van der Waals surface area contributed by atoms with Crippen molar-refractivity contribution in [2.24, 2.45) is 5.10 Å². The van der Waals surface area contributed by atoms with Crippen LogP contribution in [-0.4, -0.2) is 11.1 Å². The molecule has 0 saturated carbocycles. The molecule has 1 aromatic carbocycles. The summed E-state index contributed by atoms with van der Waals surface area (Å²) in [5.41, 5.74) is 4.70. The number of nitrogens with zero attached hydrogens (tertiary/aromatic N) is 2. The molecule has 1 rings (SSSR count). The molecule has 0 saturated heterocycles. The van der Waals surface area contributed by atoms with Crippen molar-refractivity contribution in [3.63, 3.8) is 0 Å². The van der Waals surface area contributed by atoms with Gasteiger partial charge in [0.15, 0.2) is 0 Å². The summed E-state index contributed by atoms with van der Waals surface area (Å²) in [6.45, 7) is 3.94. The fourth-order valence-corrected chi connectivity index (χ4v) is 0.956. The summed E-state index contributed by atoms with van der Waals surface area (Å²) in [6, 6.07) is 6.08. The summed E-state index contributed by atoms with van der Waals surface area (Å²) in [5.74, 6) is 0. The van der Waals surface area contributed by atoms with E-state index in [1.54, 1.807) is 18.3 Å². The van der Waals surface area contributed by atoms with Crippen molar-refractivity contribution >= 4 is 17.6 Å². The topological polar surface area (TPSA) is 67.5 Å². The number of nitro benzene ring substituents is 1. The predicted molar refractivity (Wildman–Crippen MR) is 64.6 cm³/mol. The Balaban J connectivity index is 2.59. The number of hydrogen-bond donors (Lipinski definition) is 1. The van der Waals surface area contributed by atoms with Crippen LogP contribution in [-0.2, 0) is 0 Å². The molecule has 16 heavy (non-hydrogen) atoms. The maximum absolute atomic E-state index is 10.4. The van der Waals surface area contributed by atoms with E-state index in [0.29, 0.717) is 5.69 Å². The van der Waals surface area contributed by atoms with Crippen LogP contribution in [0.1, 0.15) is 13.8 Å². The number of benzene rings is 1. The van der Waals surface area contributed by atoms with Gasteiger partial charge in [-0.15, -0.1) is 0 Å². The van der Waals surface area contributed by atoms with E-state index in [0.717, 1.165) is 5.57 Å². The lowest BCUT2D eigenvalue weighted by molar-refractivity contribution is -0.384. The molecule has 0 aliphatic rings. The average Bonchev–Trinajstić information content (AvgIpc) is 2.25. The molecule has 0 bridgehead atoms. The molecule has 5 nitrogen and oxygen atoms in total. The minimum Gasteiger partial charge on any atom is -0.279 e. The van der Waals surface area contributed by atoms with Crippen molar-refractivity contribution < 1.29 is 4.92 Å². The van der Waals surface area contributed by atoms with Gasteiger partial charge in [0.2, 0.25) is 0 Å². The number of non-ortho nitro benzene ring substituents is 1. The van der Waals surface area contributed by atoms with E-state index >= 15 is 0 Å². The minimum atomic E-state index is -0.434. The van der Waals surface area contributed by atoms with Gasteiger partial charge in [0, 0.05) is 18.3 Å². The number of rotatable bonds is 4. The normalized spacial score (nSPS) is 10.1. The van der Waals surface area contributed by atoms with Crippen LogP contribution in [0.4, 0.5) is 11.4 Å². The summed E-state index contributed by atoms with van der Waals surface area (Å²) in [7, 11) is 0. The first kappa shape index (κ1) is 11.9. The van der Waals surface area contributed by atoms with Gasteiger partial charge in [0.25, 0.3) is 5.69 Å². The van der Waals surface area contributed by atoms with Gasteiger partial charge < -0.3 is 0 Å². The Morgan fingerprint density at radius 2 is 2.00 bits per heavy atom. The maximum Gasteiger partial charge on any atom is 0.269 e. The highest BCUT2D eigenvalue weighted by Crippen LogP contribution is 2.14. The zero-order valence-electron chi connectivity index (χ0n) is 9.18. The average molecular weight is 219 g/mol. The molecule has 0 heterocycles. The van der Waals surface area contributed by atoms with Crippen LogP contribution in [0.5, 0.6) is 0 Å². The molecule has 1 N–H and O–H groups in total. The lowest BCUT2D eigenvalue weighted by Gasteiger charge is -1.98. The molecular formula is C11H13N3O2. The highest BCUT2D eigenvalue weighted by atomic mass is 16.6. The molecule has 0 unspecified atom stereocenters. The van der Waals surface area contributed by atoms with E-state index in [2.05, 4.69) is 10.5 Å². The summed E-state index contributed by atoms with van der Waals surface area (Å²) in [6.07, 6.45) is 3.50. The van der Waals surface area contributed by atoms with Crippen molar-refractivity contribution in [3.05, 3.63) is 46.0 Å². The van der Waals surface area contributed by atoms with Crippen molar-refractivity contribution in [1.82, 2.24) is 0 Å². The van der Waals surface area contributed by atoms with Crippen LogP contribution in [0.15, 0.2) is 41.0 Å². The van der Waals surface area contributed by atoms with Crippen molar-refractivity contribution in [2.45, 2.75) is 13.8 Å². The zero-order valence-corrected chi connectivity index (χ0v) is 9.18. The maximum atomic E-state index is 10.4. The molecule has 0 atom stereocenters. The first-order valence-corrected chi connectivity index (χ1v) is 4.76. The van der Waals surface area contributed by atoms with Crippen LogP contribution in [0.25, 0.3) is 0 Å². The number of anilines is 1. The van der Waals surface area contributed by atoms with Crippen molar-refractivity contribution in [2.75, 3.05) is 5.43 Å². The van der Waals surface area contributed by atoms with E-state index in [1.807, 2.05) is 19.9 Å². The number of hydrogen-bond acceptors (Lipinski definition) is 4. The Hall–Kier alpha value is -2.17. The molecular weight excluding hydrogens is 206 g/mol. The van der Waals surface area contributed by atoms with E-state index in [9.17, 15) is 10.1 Å². The fourth-order valence-electron chi connectivity index (χ4n) is 0.956. The van der Waals surface area contributed by atoms with Crippen LogP contribution < -0.4 is 5.43 Å². The van der Waals surface area contributed by atoms with Gasteiger partial charge in [-0.2, -0.15) is 5.10 Å². The summed E-state index contributed by atoms with van der Waals surface area (Å²) < 4.78 is 0. The van der Waals surface area contributed by atoms with Gasteiger partial charge in [-0.1, -0.05) is 5.57 Å². The van der Waals surface area contributed by atoms with Gasteiger partial charge in [0.1, 0.15) is 0 Å². The quantitative estimate of drug-likeness (QED) is 0.481. The van der Waals surface area contributed by atoms with Crippen molar-refractivity contribution in [3.8, 4) is 0 Å². The van der Waals surface area contributed by atoms with Gasteiger partial charge in [0.05, 0.1) is 10.6 Å². The monoisotopic (exact) mass is 219 g/mol. The zero-order chi connectivity index (χ0) is 12.0. The Morgan fingerprint density at radius 3 is 2.50 bits per heavy atom. The van der Waals surface area contributed by atoms with E-state index < -0.39 is 4.92 Å². The van der Waals surface area contributed by atoms with Crippen LogP contribution in [0.3, 0.4) is 0 Å². The molecule has 0 aliphatic carbocycles. The molecule has 1 aromatic rings. The highest BCUT2D eigenvalue weighted by Gasteiger charge is 2.02. The van der Waals surface area contributed by atoms with E-state index in [4.69, 9.17) is 0 Å². The fraction of sp³-hybridized carbons (Fsp3) is 0.182. The number of nitro groups is 1. The lowest BCUT2D eigenvalue weighted by atomic mass is 10.3. The summed E-state index contributed by atoms with van der Waals surface area (Å²) >= 11 is 0. The molecule has 0 spiro atoms. The van der Waals surface area contributed by atoms with Gasteiger partial charge >= 0.3 is 0 Å². The van der Waals surface area contributed by atoms with Crippen LogP contribution >= 0.6 is 0 Å². The third-order valence-electron chi connectivity index (χ3n) is 1.75. The summed E-state index contributed by atoms with van der Waals surface area (Å²) in [5, 5.41) is 14.3. The second-order valence-corrected chi connectivity index (χ2v) is 3.44. The predicted octanol–water partition coefficient (Wildman–Crippen LogP) is 2.96. The van der Waals surface area contributed by atoms with E-state index in [-0.39, 0.29) is 5.69 Å². The molecule has 0 fully saturated rings. The highest BCUT2D eigenvalue weighted by molar-refractivity contribution is 5.72. The number of allylic oxidation sites excluding steroid dienone is 2. The number of nitrogens with one attached hydrogen (secondary N) is 1. The van der Waals surface area contributed by atoms with Crippen molar-refractivity contribution in [1.29, 1.82) is 0 Å². The van der Waals surface area contributed by atoms with Gasteiger partial charge in [-0.25, -0.2) is 0 Å². The van der Waals surface area contributed by atoms with Gasteiger partial charge in [-0.05, 0) is 32.1 Å². The first-order valence-electron chi connectivity index (χ1n) is 4.76. The molecule has 84 valence electrons. The molecule has 0 amide bonds. The molecule has 0 aliphatic heterocycles. The third kappa shape index (κ3) is 3.91. The first-order chi connectivity index (χ1) is 7.59. The van der Waals surface area contributed by atoms with Gasteiger partial charge in [-0.3, -0.25) is 15.5 Å². The Kier molecular flexibility index (Phi) is 4.20. The largest absolute Gasteiger partial charge is 0.279 e. The molecule has 0 aromatic heterocycles. The summed E-state index contributed by atoms with van der Waals surface area (Å²) in [4.78, 5) is 9.96. The Bertz CT molecular complexity index is 417. The Morgan fingerprint density at radius 1 is 1.38 bits per heavy atom. The van der Waals surface area contributed by atoms with E-state index in [1.165, 1.54) is 12.1 Å².